The van der Waals surface area contributed by atoms with Gasteiger partial charge in [0.1, 0.15) is 6.04 Å². The highest BCUT2D eigenvalue weighted by molar-refractivity contribution is 6.04. The van der Waals surface area contributed by atoms with Gasteiger partial charge >= 0.3 is 12.0 Å². The van der Waals surface area contributed by atoms with E-state index in [1.165, 1.54) is 4.90 Å². The molecule has 0 bridgehead atoms. The number of nitrogens with zero attached hydrogens (tertiary/aromatic N) is 1. The average Bonchev–Trinajstić information content (AvgIpc) is 2.86. The van der Waals surface area contributed by atoms with Crippen LogP contribution >= 0.6 is 0 Å². The number of aliphatic hydroxyl groups is 1. The largest absolute Gasteiger partial charge is 0.481 e. The molecule has 1 saturated carbocycles. The molecule has 1 aromatic rings. The Morgan fingerprint density at radius 1 is 1.19 bits per heavy atom. The van der Waals surface area contributed by atoms with Crippen LogP contribution in [-0.4, -0.2) is 51.7 Å². The van der Waals surface area contributed by atoms with Crippen LogP contribution in [-0.2, 0) is 9.59 Å². The van der Waals surface area contributed by atoms with E-state index in [9.17, 15) is 19.5 Å². The summed E-state index contributed by atoms with van der Waals surface area (Å²) >= 11 is 0. The number of aliphatic hydroxyl groups excluding tert-OH is 1. The molecule has 3 N–H and O–H groups in total. The summed E-state index contributed by atoms with van der Waals surface area (Å²) in [6.45, 7) is 0.274. The molecule has 1 saturated heterocycles. The van der Waals surface area contributed by atoms with Crippen molar-refractivity contribution in [2.24, 2.45) is 5.92 Å². The lowest BCUT2D eigenvalue weighted by Gasteiger charge is -2.33. The highest BCUT2D eigenvalue weighted by atomic mass is 16.4. The fourth-order valence-corrected chi connectivity index (χ4v) is 3.98. The van der Waals surface area contributed by atoms with E-state index in [0.717, 1.165) is 24.8 Å². The summed E-state index contributed by atoms with van der Waals surface area (Å²) in [5.74, 6) is -1.47. The number of carboxylic acids is 1. The van der Waals surface area contributed by atoms with Gasteiger partial charge < -0.3 is 15.1 Å². The molecule has 1 heterocycles. The van der Waals surface area contributed by atoms with E-state index in [2.05, 4.69) is 5.32 Å². The molecule has 27 heavy (non-hydrogen) atoms. The maximum absolute atomic E-state index is 12.5. The predicted molar refractivity (Wildman–Crippen MR) is 98.1 cm³/mol. The highest BCUT2D eigenvalue weighted by Crippen LogP contribution is 2.33. The Bertz CT molecular complexity index is 689. The van der Waals surface area contributed by atoms with Crippen molar-refractivity contribution in [2.75, 3.05) is 6.54 Å². The number of hydrogen-bond donors (Lipinski definition) is 3. The maximum Gasteiger partial charge on any atom is 0.324 e. The molecule has 2 aliphatic rings. The molecule has 1 aliphatic heterocycles. The second-order valence-corrected chi connectivity index (χ2v) is 7.43. The van der Waals surface area contributed by atoms with Gasteiger partial charge in [0.15, 0.2) is 0 Å². The first kappa shape index (κ1) is 19.4. The monoisotopic (exact) mass is 374 g/mol. The van der Waals surface area contributed by atoms with Crippen LogP contribution in [0.1, 0.15) is 50.0 Å². The van der Waals surface area contributed by atoms with Gasteiger partial charge in [0, 0.05) is 18.9 Å². The number of carbonyl (C=O) groups excluding carboxylic acids is 2. The molecule has 0 radical (unpaired) electrons. The minimum Gasteiger partial charge on any atom is -0.481 e. The van der Waals surface area contributed by atoms with Crippen molar-refractivity contribution in [3.05, 3.63) is 35.9 Å². The summed E-state index contributed by atoms with van der Waals surface area (Å²) in [7, 11) is 0. The van der Waals surface area contributed by atoms with Crippen LogP contribution in [0.3, 0.4) is 0 Å². The third-order valence-corrected chi connectivity index (χ3v) is 5.73. The SMILES string of the molecule is O=C(O)CCC(c1ccccc1)C1C(=O)NC(=O)N1CCC(O)C1CCC1. The van der Waals surface area contributed by atoms with Gasteiger partial charge in [0.25, 0.3) is 5.91 Å². The quantitative estimate of drug-likeness (QED) is 0.574. The zero-order chi connectivity index (χ0) is 19.4. The Kier molecular flexibility index (Phi) is 6.11. The lowest BCUT2D eigenvalue weighted by atomic mass is 9.80. The molecule has 1 aromatic carbocycles. The number of rotatable bonds is 9. The Morgan fingerprint density at radius 2 is 1.89 bits per heavy atom. The first-order chi connectivity index (χ1) is 13.0. The third kappa shape index (κ3) is 4.47. The standard InChI is InChI=1S/C20H26N2O5/c23-16(14-7-4-8-14)11-12-22-18(19(26)21-20(22)27)15(9-10-17(24)25)13-5-2-1-3-6-13/h1-3,5-6,14-16,18,23H,4,7-12H2,(H,24,25)(H,21,26,27). The van der Waals surface area contributed by atoms with Gasteiger partial charge in [0.2, 0.25) is 0 Å². The lowest BCUT2D eigenvalue weighted by molar-refractivity contribution is -0.137. The van der Waals surface area contributed by atoms with Crippen LogP contribution in [0.15, 0.2) is 30.3 Å². The van der Waals surface area contributed by atoms with E-state index in [1.807, 2.05) is 30.3 Å². The number of nitrogens with one attached hydrogen (secondary N) is 1. The summed E-state index contributed by atoms with van der Waals surface area (Å²) in [5.41, 5.74) is 0.832. The molecule has 0 spiro atoms. The molecule has 3 unspecified atom stereocenters. The van der Waals surface area contributed by atoms with E-state index in [-0.39, 0.29) is 25.3 Å². The fourth-order valence-electron chi connectivity index (χ4n) is 3.98. The van der Waals surface area contributed by atoms with Gasteiger partial charge in [-0.25, -0.2) is 4.79 Å². The van der Waals surface area contributed by atoms with E-state index in [0.29, 0.717) is 6.42 Å². The van der Waals surface area contributed by atoms with Gasteiger partial charge in [-0.15, -0.1) is 0 Å². The van der Waals surface area contributed by atoms with Crippen molar-refractivity contribution in [1.29, 1.82) is 0 Å². The number of aliphatic carboxylic acids is 1. The number of benzene rings is 1. The van der Waals surface area contributed by atoms with Crippen LogP contribution in [0.2, 0.25) is 0 Å². The van der Waals surface area contributed by atoms with Crippen molar-refractivity contribution >= 4 is 17.9 Å². The summed E-state index contributed by atoms with van der Waals surface area (Å²) in [5, 5.41) is 21.7. The van der Waals surface area contributed by atoms with Crippen LogP contribution < -0.4 is 5.32 Å². The summed E-state index contributed by atoms with van der Waals surface area (Å²) in [6.07, 6.45) is 3.24. The van der Waals surface area contributed by atoms with Gasteiger partial charge in [-0.3, -0.25) is 14.9 Å². The second-order valence-electron chi connectivity index (χ2n) is 7.43. The van der Waals surface area contributed by atoms with Crippen molar-refractivity contribution in [2.45, 2.75) is 56.6 Å². The Morgan fingerprint density at radius 3 is 2.48 bits per heavy atom. The van der Waals surface area contributed by atoms with Crippen molar-refractivity contribution < 1.29 is 24.6 Å². The summed E-state index contributed by atoms with van der Waals surface area (Å²) in [6, 6.07) is 8.00. The maximum atomic E-state index is 12.5. The van der Waals surface area contributed by atoms with Crippen LogP contribution in [0.25, 0.3) is 0 Å². The number of hydrogen-bond acceptors (Lipinski definition) is 4. The molecule has 3 amide bonds. The number of amides is 3. The van der Waals surface area contributed by atoms with Crippen molar-refractivity contribution in [1.82, 2.24) is 10.2 Å². The molecular weight excluding hydrogens is 348 g/mol. The van der Waals surface area contributed by atoms with E-state index >= 15 is 0 Å². The fraction of sp³-hybridized carbons (Fsp3) is 0.550. The first-order valence-electron chi connectivity index (χ1n) is 9.53. The summed E-state index contributed by atoms with van der Waals surface area (Å²) < 4.78 is 0. The zero-order valence-corrected chi connectivity index (χ0v) is 15.2. The molecule has 146 valence electrons. The molecule has 0 aromatic heterocycles. The lowest BCUT2D eigenvalue weighted by Crippen LogP contribution is -2.42. The third-order valence-electron chi connectivity index (χ3n) is 5.73. The Hall–Kier alpha value is -2.41. The van der Waals surface area contributed by atoms with Crippen LogP contribution in [0.5, 0.6) is 0 Å². The van der Waals surface area contributed by atoms with Gasteiger partial charge in [-0.2, -0.15) is 0 Å². The average molecular weight is 374 g/mol. The number of urea groups is 1. The van der Waals surface area contributed by atoms with E-state index < -0.39 is 36.0 Å². The molecule has 7 nitrogen and oxygen atoms in total. The predicted octanol–water partition coefficient (Wildman–Crippen LogP) is 2.11. The Balaban J connectivity index is 1.77. The highest BCUT2D eigenvalue weighted by Gasteiger charge is 2.44. The molecule has 3 atom stereocenters. The van der Waals surface area contributed by atoms with Gasteiger partial charge in [0.05, 0.1) is 6.10 Å². The number of carboxylic acid groups (broad SMARTS) is 1. The van der Waals surface area contributed by atoms with E-state index in [1.54, 1.807) is 0 Å². The molecule has 2 fully saturated rings. The van der Waals surface area contributed by atoms with Crippen molar-refractivity contribution in [3.8, 4) is 0 Å². The molecule has 7 heteroatoms. The normalized spacial score (nSPS) is 22.3. The number of carbonyl (C=O) groups is 3. The summed E-state index contributed by atoms with van der Waals surface area (Å²) in [4.78, 5) is 37.4. The number of imide groups is 1. The molecular formula is C20H26N2O5. The second kappa shape index (κ2) is 8.52. The topological polar surface area (TPSA) is 107 Å². The van der Waals surface area contributed by atoms with Crippen LogP contribution in [0, 0.1) is 5.92 Å². The van der Waals surface area contributed by atoms with Gasteiger partial charge in [-0.05, 0) is 37.2 Å². The molecule has 1 aliphatic carbocycles. The first-order valence-corrected chi connectivity index (χ1v) is 9.53. The molecule has 3 rings (SSSR count). The Labute approximate surface area is 158 Å². The van der Waals surface area contributed by atoms with Crippen molar-refractivity contribution in [3.63, 3.8) is 0 Å². The smallest absolute Gasteiger partial charge is 0.324 e. The van der Waals surface area contributed by atoms with E-state index in [4.69, 9.17) is 5.11 Å². The zero-order valence-electron chi connectivity index (χ0n) is 15.2. The van der Waals surface area contributed by atoms with Gasteiger partial charge in [-0.1, -0.05) is 36.8 Å². The van der Waals surface area contributed by atoms with Crippen LogP contribution in [0.4, 0.5) is 4.79 Å². The minimum absolute atomic E-state index is 0.0872. The minimum atomic E-state index is -0.937.